The van der Waals surface area contributed by atoms with E-state index in [1.54, 1.807) is 13.3 Å². The number of aromatic nitrogens is 2. The van der Waals surface area contributed by atoms with Crippen molar-refractivity contribution in [3.05, 3.63) is 71.9 Å². The van der Waals surface area contributed by atoms with Crippen LogP contribution in [0.15, 0.2) is 65.2 Å². The summed E-state index contributed by atoms with van der Waals surface area (Å²) in [6.45, 7) is 3.42. The van der Waals surface area contributed by atoms with E-state index in [0.29, 0.717) is 35.8 Å². The third-order valence-corrected chi connectivity index (χ3v) is 6.98. The van der Waals surface area contributed by atoms with Gasteiger partial charge in [0.2, 0.25) is 5.88 Å². The third kappa shape index (κ3) is 3.67. The molecule has 3 atom stereocenters. The largest absolute Gasteiger partial charge is 0.481 e. The van der Waals surface area contributed by atoms with E-state index in [-0.39, 0.29) is 11.9 Å². The van der Waals surface area contributed by atoms with Crippen LogP contribution in [0.2, 0.25) is 0 Å². The summed E-state index contributed by atoms with van der Waals surface area (Å²) in [7, 11) is 1.59. The number of ether oxygens (including phenoxy) is 1. The molecule has 1 N–H and O–H groups in total. The number of hydrogen-bond acceptors (Lipinski definition) is 6. The van der Waals surface area contributed by atoms with Gasteiger partial charge in [-0.2, -0.15) is 4.98 Å². The molecule has 7 heteroatoms. The van der Waals surface area contributed by atoms with Crippen LogP contribution < -0.4 is 10.1 Å². The number of amides is 1. The molecular weight excluding hydrogens is 428 g/mol. The van der Waals surface area contributed by atoms with Gasteiger partial charge in [0.25, 0.3) is 11.9 Å². The molecule has 0 spiro atoms. The highest BCUT2D eigenvalue weighted by atomic mass is 16.5. The summed E-state index contributed by atoms with van der Waals surface area (Å²) in [5, 5.41) is 3.34. The van der Waals surface area contributed by atoms with Gasteiger partial charge in [-0.3, -0.25) is 4.79 Å². The van der Waals surface area contributed by atoms with Crippen molar-refractivity contribution < 1.29 is 13.9 Å². The normalized spacial score (nSPS) is 20.9. The number of pyridine rings is 1. The standard InChI is InChI=1S/C27H26N4O3/c1-16-7-9-19(17-8-10-25(33-2)28-13-17)21(11-16)26(32)31-15-18-12-20(18)23(31)14-29-27-30-22-5-3-4-6-24(22)34-27/h3-11,13,18,20,23H,12,14-15H2,1-2H3,(H,29,30). The van der Waals surface area contributed by atoms with Gasteiger partial charge in [-0.05, 0) is 55.0 Å². The van der Waals surface area contributed by atoms with Gasteiger partial charge in [0.15, 0.2) is 5.58 Å². The van der Waals surface area contributed by atoms with Crippen LogP contribution in [0.5, 0.6) is 5.88 Å². The summed E-state index contributed by atoms with van der Waals surface area (Å²) in [5.41, 5.74) is 5.13. The maximum absolute atomic E-state index is 13.9. The lowest BCUT2D eigenvalue weighted by Crippen LogP contribution is -2.42. The van der Waals surface area contributed by atoms with Crippen molar-refractivity contribution in [1.82, 2.24) is 14.9 Å². The number of oxazole rings is 1. The molecule has 3 heterocycles. The minimum absolute atomic E-state index is 0.0612. The molecule has 3 unspecified atom stereocenters. The minimum atomic E-state index is 0.0612. The smallest absolute Gasteiger partial charge is 0.295 e. The zero-order chi connectivity index (χ0) is 23.2. The van der Waals surface area contributed by atoms with Crippen LogP contribution in [0.3, 0.4) is 0 Å². The second kappa shape index (κ2) is 8.17. The summed E-state index contributed by atoms with van der Waals surface area (Å²) in [6.07, 6.45) is 2.93. The molecule has 1 saturated carbocycles. The average Bonchev–Trinajstić information content (AvgIpc) is 3.35. The second-order valence-electron chi connectivity index (χ2n) is 9.19. The SMILES string of the molecule is COc1ccc(-c2ccc(C)cc2C(=O)N2CC3CC3C2CNc2nc3ccccc3o2)cn1. The van der Waals surface area contributed by atoms with Crippen LogP contribution >= 0.6 is 0 Å². The quantitative estimate of drug-likeness (QED) is 0.452. The van der Waals surface area contributed by atoms with Crippen molar-refractivity contribution in [2.75, 3.05) is 25.5 Å². The molecule has 1 saturated heterocycles. The first-order valence-electron chi connectivity index (χ1n) is 11.6. The Morgan fingerprint density at radius 3 is 2.88 bits per heavy atom. The fourth-order valence-electron chi connectivity index (χ4n) is 5.11. The number of nitrogens with one attached hydrogen (secondary N) is 1. The zero-order valence-electron chi connectivity index (χ0n) is 19.2. The number of fused-ring (bicyclic) bond motifs is 2. The molecule has 0 radical (unpaired) electrons. The van der Waals surface area contributed by atoms with Crippen molar-refractivity contribution >= 4 is 23.0 Å². The number of methoxy groups -OCH3 is 1. The van der Waals surface area contributed by atoms with Crippen LogP contribution in [0, 0.1) is 18.8 Å². The number of nitrogens with zero attached hydrogens (tertiary/aromatic N) is 3. The summed E-state index contributed by atoms with van der Waals surface area (Å²) in [4.78, 5) is 24.7. The molecule has 6 rings (SSSR count). The highest BCUT2D eigenvalue weighted by Crippen LogP contribution is 2.50. The van der Waals surface area contributed by atoms with Crippen molar-refractivity contribution in [2.24, 2.45) is 11.8 Å². The number of aryl methyl sites for hydroxylation is 1. The van der Waals surface area contributed by atoms with Crippen LogP contribution in [-0.2, 0) is 0 Å². The van der Waals surface area contributed by atoms with Gasteiger partial charge in [-0.1, -0.05) is 29.8 Å². The molecule has 4 aromatic rings. The topological polar surface area (TPSA) is 80.5 Å². The lowest BCUT2D eigenvalue weighted by Gasteiger charge is -2.28. The second-order valence-corrected chi connectivity index (χ2v) is 9.19. The number of carbonyl (C=O) groups excluding carboxylic acids is 1. The predicted octanol–water partition coefficient (Wildman–Crippen LogP) is 4.78. The Morgan fingerprint density at radius 2 is 2.09 bits per heavy atom. The van der Waals surface area contributed by atoms with E-state index in [1.807, 2.05) is 66.4 Å². The van der Waals surface area contributed by atoms with Crippen LogP contribution in [-0.4, -0.2) is 47.0 Å². The molecule has 1 aliphatic heterocycles. The van der Waals surface area contributed by atoms with Crippen LogP contribution in [0.25, 0.3) is 22.2 Å². The van der Waals surface area contributed by atoms with E-state index < -0.39 is 0 Å². The van der Waals surface area contributed by atoms with E-state index in [2.05, 4.69) is 15.3 Å². The molecule has 7 nitrogen and oxygen atoms in total. The van der Waals surface area contributed by atoms with Gasteiger partial charge >= 0.3 is 0 Å². The molecule has 34 heavy (non-hydrogen) atoms. The Balaban J connectivity index is 1.26. The summed E-state index contributed by atoms with van der Waals surface area (Å²) >= 11 is 0. The molecular formula is C27H26N4O3. The maximum Gasteiger partial charge on any atom is 0.295 e. The third-order valence-electron chi connectivity index (χ3n) is 6.98. The molecule has 2 aliphatic rings. The van der Waals surface area contributed by atoms with E-state index in [9.17, 15) is 4.79 Å². The van der Waals surface area contributed by atoms with Crippen LogP contribution in [0.4, 0.5) is 6.01 Å². The van der Waals surface area contributed by atoms with E-state index in [4.69, 9.17) is 9.15 Å². The van der Waals surface area contributed by atoms with Crippen molar-refractivity contribution in [2.45, 2.75) is 19.4 Å². The van der Waals surface area contributed by atoms with Crippen LogP contribution in [0.1, 0.15) is 22.3 Å². The highest BCUT2D eigenvalue weighted by Gasteiger charge is 2.54. The highest BCUT2D eigenvalue weighted by molar-refractivity contribution is 6.01. The van der Waals surface area contributed by atoms with Crippen molar-refractivity contribution in [3.8, 4) is 17.0 Å². The van der Waals surface area contributed by atoms with E-state index >= 15 is 0 Å². The Labute approximate surface area is 197 Å². The number of rotatable bonds is 6. The first-order chi connectivity index (χ1) is 16.6. The Morgan fingerprint density at radius 1 is 1.21 bits per heavy atom. The number of carbonyl (C=O) groups is 1. The molecule has 2 aromatic heterocycles. The lowest BCUT2D eigenvalue weighted by molar-refractivity contribution is 0.0715. The summed E-state index contributed by atoms with van der Waals surface area (Å²) in [6, 6.07) is 18.1. The van der Waals surface area contributed by atoms with Gasteiger partial charge in [0.05, 0.1) is 13.2 Å². The minimum Gasteiger partial charge on any atom is -0.481 e. The Bertz CT molecular complexity index is 1330. The molecule has 1 aliphatic carbocycles. The monoisotopic (exact) mass is 454 g/mol. The zero-order valence-corrected chi connectivity index (χ0v) is 19.2. The number of benzene rings is 2. The van der Waals surface area contributed by atoms with E-state index in [1.165, 1.54) is 6.42 Å². The average molecular weight is 455 g/mol. The number of likely N-dealkylation sites (tertiary alicyclic amines) is 1. The molecule has 2 fully saturated rings. The lowest BCUT2D eigenvalue weighted by atomic mass is 9.97. The molecule has 0 bridgehead atoms. The van der Waals surface area contributed by atoms with Gasteiger partial charge < -0.3 is 19.4 Å². The maximum atomic E-state index is 13.9. The van der Waals surface area contributed by atoms with Gasteiger partial charge in [0, 0.05) is 36.5 Å². The number of hydrogen-bond donors (Lipinski definition) is 1. The fourth-order valence-corrected chi connectivity index (χ4v) is 5.11. The Hall–Kier alpha value is -3.87. The van der Waals surface area contributed by atoms with Gasteiger partial charge in [-0.15, -0.1) is 0 Å². The fraction of sp³-hybridized carbons (Fsp3) is 0.296. The first-order valence-corrected chi connectivity index (χ1v) is 11.6. The number of para-hydroxylation sites is 2. The van der Waals surface area contributed by atoms with E-state index in [0.717, 1.165) is 34.3 Å². The first kappa shape index (κ1) is 20.7. The van der Waals surface area contributed by atoms with Crippen molar-refractivity contribution in [3.63, 3.8) is 0 Å². The van der Waals surface area contributed by atoms with Gasteiger partial charge in [0.1, 0.15) is 5.52 Å². The van der Waals surface area contributed by atoms with Crippen molar-refractivity contribution in [1.29, 1.82) is 0 Å². The molecule has 172 valence electrons. The van der Waals surface area contributed by atoms with Gasteiger partial charge in [-0.25, -0.2) is 4.98 Å². The summed E-state index contributed by atoms with van der Waals surface area (Å²) < 4.78 is 11.0. The predicted molar refractivity (Wildman–Crippen MR) is 130 cm³/mol. The molecule has 2 aromatic carbocycles. The number of piperidine rings is 1. The molecule has 1 amide bonds. The number of anilines is 1. The Kier molecular flexibility index (Phi) is 4.98. The summed E-state index contributed by atoms with van der Waals surface area (Å²) in [5.74, 6) is 1.71.